The van der Waals surface area contributed by atoms with Crippen molar-refractivity contribution in [2.75, 3.05) is 0 Å². The number of halogens is 2. The molecule has 0 aliphatic carbocycles. The van der Waals surface area contributed by atoms with Crippen molar-refractivity contribution in [1.82, 2.24) is 15.0 Å². The highest BCUT2D eigenvalue weighted by atomic mass is 79.9. The number of ether oxygens (including phenoxy) is 1. The molecule has 2 heterocycles. The third kappa shape index (κ3) is 2.48. The molecule has 0 aliphatic rings. The average molecular weight is 301 g/mol. The van der Waals surface area contributed by atoms with Crippen molar-refractivity contribution in [3.05, 3.63) is 40.0 Å². The van der Waals surface area contributed by atoms with E-state index in [-0.39, 0.29) is 5.28 Å². The van der Waals surface area contributed by atoms with Gasteiger partial charge in [0.15, 0.2) is 5.75 Å². The number of hydrogen-bond donors (Lipinski definition) is 0. The summed E-state index contributed by atoms with van der Waals surface area (Å²) < 4.78 is 6.21. The SMILES string of the molecule is Cc1ncccc1Oc1nc(Cl)ncc1Br. The zero-order valence-corrected chi connectivity index (χ0v) is 10.7. The lowest BCUT2D eigenvalue weighted by Gasteiger charge is -2.07. The number of pyridine rings is 1. The highest BCUT2D eigenvalue weighted by Crippen LogP contribution is 2.28. The maximum Gasteiger partial charge on any atom is 0.238 e. The van der Waals surface area contributed by atoms with Crippen LogP contribution in [0, 0.1) is 6.92 Å². The molecule has 0 aliphatic heterocycles. The molecule has 0 saturated heterocycles. The van der Waals surface area contributed by atoms with Crippen molar-refractivity contribution in [1.29, 1.82) is 0 Å². The van der Waals surface area contributed by atoms with Gasteiger partial charge in [-0.25, -0.2) is 4.98 Å². The molecule has 0 spiro atoms. The molecule has 0 N–H and O–H groups in total. The van der Waals surface area contributed by atoms with Gasteiger partial charge < -0.3 is 4.74 Å². The first-order valence-corrected chi connectivity index (χ1v) is 5.61. The summed E-state index contributed by atoms with van der Waals surface area (Å²) in [4.78, 5) is 11.9. The van der Waals surface area contributed by atoms with Crippen LogP contribution >= 0.6 is 27.5 Å². The summed E-state index contributed by atoms with van der Waals surface area (Å²) >= 11 is 8.97. The van der Waals surface area contributed by atoms with Gasteiger partial charge in [-0.1, -0.05) is 0 Å². The van der Waals surface area contributed by atoms with Gasteiger partial charge in [0.1, 0.15) is 0 Å². The number of nitrogens with zero attached hydrogens (tertiary/aromatic N) is 3. The van der Waals surface area contributed by atoms with Crippen molar-refractivity contribution in [2.45, 2.75) is 6.92 Å². The molecule has 0 fully saturated rings. The minimum atomic E-state index is 0.139. The molecule has 0 bridgehead atoms. The Morgan fingerprint density at radius 2 is 2.19 bits per heavy atom. The Kier molecular flexibility index (Phi) is 3.36. The van der Waals surface area contributed by atoms with Crippen LogP contribution in [0.5, 0.6) is 11.6 Å². The van der Waals surface area contributed by atoms with E-state index in [1.807, 2.05) is 13.0 Å². The zero-order valence-electron chi connectivity index (χ0n) is 8.32. The molecule has 0 saturated carbocycles. The van der Waals surface area contributed by atoms with Gasteiger partial charge in [0.05, 0.1) is 10.2 Å². The van der Waals surface area contributed by atoms with Crippen molar-refractivity contribution >= 4 is 27.5 Å². The molecule has 82 valence electrons. The molecule has 6 heteroatoms. The second-order valence-electron chi connectivity index (χ2n) is 2.98. The fourth-order valence-corrected chi connectivity index (χ4v) is 1.48. The van der Waals surface area contributed by atoms with Gasteiger partial charge in [-0.2, -0.15) is 4.98 Å². The van der Waals surface area contributed by atoms with Gasteiger partial charge in [0.25, 0.3) is 0 Å². The van der Waals surface area contributed by atoms with Crippen molar-refractivity contribution in [2.24, 2.45) is 0 Å². The van der Waals surface area contributed by atoms with Gasteiger partial charge >= 0.3 is 0 Å². The Labute approximate surface area is 106 Å². The topological polar surface area (TPSA) is 47.9 Å². The first-order chi connectivity index (χ1) is 7.66. The lowest BCUT2D eigenvalue weighted by molar-refractivity contribution is 0.452. The van der Waals surface area contributed by atoms with Crippen LogP contribution in [-0.2, 0) is 0 Å². The third-order valence-electron chi connectivity index (χ3n) is 1.85. The Morgan fingerprint density at radius 3 is 2.94 bits per heavy atom. The van der Waals surface area contributed by atoms with Crippen molar-refractivity contribution < 1.29 is 4.74 Å². The first kappa shape index (κ1) is 11.3. The van der Waals surface area contributed by atoms with E-state index < -0.39 is 0 Å². The van der Waals surface area contributed by atoms with Crippen LogP contribution in [0.3, 0.4) is 0 Å². The quantitative estimate of drug-likeness (QED) is 0.798. The van der Waals surface area contributed by atoms with Gasteiger partial charge in [0, 0.05) is 12.4 Å². The third-order valence-corrected chi connectivity index (χ3v) is 2.57. The van der Waals surface area contributed by atoms with Crippen LogP contribution in [0.2, 0.25) is 5.28 Å². The maximum absolute atomic E-state index is 5.68. The first-order valence-electron chi connectivity index (χ1n) is 4.44. The minimum Gasteiger partial charge on any atom is -0.436 e. The molecule has 0 amide bonds. The monoisotopic (exact) mass is 299 g/mol. The average Bonchev–Trinajstić information content (AvgIpc) is 2.27. The second kappa shape index (κ2) is 4.76. The van der Waals surface area contributed by atoms with Crippen LogP contribution in [0.1, 0.15) is 5.69 Å². The Balaban J connectivity index is 2.34. The highest BCUT2D eigenvalue weighted by molar-refractivity contribution is 9.10. The summed E-state index contributed by atoms with van der Waals surface area (Å²) in [5.41, 5.74) is 0.782. The van der Waals surface area contributed by atoms with Gasteiger partial charge in [-0.3, -0.25) is 4.98 Å². The Hall–Kier alpha value is -1.20. The molecule has 0 radical (unpaired) electrons. The lowest BCUT2D eigenvalue weighted by Crippen LogP contribution is -1.94. The summed E-state index contributed by atoms with van der Waals surface area (Å²) in [5.74, 6) is 1.01. The standard InChI is InChI=1S/C10H7BrClN3O/c1-6-8(3-2-4-13-6)16-9-7(11)5-14-10(12)15-9/h2-5H,1H3. The van der Waals surface area contributed by atoms with E-state index in [1.54, 1.807) is 12.3 Å². The molecule has 4 nitrogen and oxygen atoms in total. The van der Waals surface area contributed by atoms with Crippen LogP contribution in [-0.4, -0.2) is 15.0 Å². The number of aromatic nitrogens is 3. The predicted octanol–water partition coefficient (Wildman–Crippen LogP) is 3.39. The largest absolute Gasteiger partial charge is 0.436 e. The smallest absolute Gasteiger partial charge is 0.238 e. The summed E-state index contributed by atoms with van der Waals surface area (Å²) in [6.07, 6.45) is 3.24. The molecular formula is C10H7BrClN3O. The maximum atomic E-state index is 5.68. The normalized spacial score (nSPS) is 10.2. The Bertz CT molecular complexity index is 521. The second-order valence-corrected chi connectivity index (χ2v) is 4.17. The summed E-state index contributed by atoms with van der Waals surface area (Å²) in [7, 11) is 0. The number of aryl methyl sites for hydroxylation is 1. The lowest BCUT2D eigenvalue weighted by atomic mass is 10.3. The predicted molar refractivity (Wildman–Crippen MR) is 63.8 cm³/mol. The van der Waals surface area contributed by atoms with E-state index in [4.69, 9.17) is 16.3 Å². The summed E-state index contributed by atoms with van der Waals surface area (Å²) in [6, 6.07) is 3.60. The van der Waals surface area contributed by atoms with Crippen LogP contribution in [0.15, 0.2) is 29.0 Å². The fraction of sp³-hybridized carbons (Fsp3) is 0.100. The Morgan fingerprint density at radius 1 is 1.38 bits per heavy atom. The fourth-order valence-electron chi connectivity index (χ4n) is 1.08. The van der Waals surface area contributed by atoms with Crippen molar-refractivity contribution in [3.8, 4) is 11.6 Å². The van der Waals surface area contributed by atoms with Gasteiger partial charge in [-0.05, 0) is 46.6 Å². The zero-order chi connectivity index (χ0) is 11.5. The van der Waals surface area contributed by atoms with E-state index in [2.05, 4.69) is 30.9 Å². The van der Waals surface area contributed by atoms with Crippen LogP contribution in [0.25, 0.3) is 0 Å². The summed E-state index contributed by atoms with van der Waals surface area (Å²) in [6.45, 7) is 1.85. The molecule has 0 atom stereocenters. The molecule has 2 rings (SSSR count). The van der Waals surface area contributed by atoms with Crippen LogP contribution in [0.4, 0.5) is 0 Å². The van der Waals surface area contributed by atoms with E-state index in [1.165, 1.54) is 6.20 Å². The molecular weight excluding hydrogens is 293 g/mol. The number of rotatable bonds is 2. The van der Waals surface area contributed by atoms with E-state index >= 15 is 0 Å². The van der Waals surface area contributed by atoms with E-state index in [0.717, 1.165) is 5.69 Å². The number of hydrogen-bond acceptors (Lipinski definition) is 4. The highest BCUT2D eigenvalue weighted by Gasteiger charge is 2.08. The van der Waals surface area contributed by atoms with Crippen molar-refractivity contribution in [3.63, 3.8) is 0 Å². The molecule has 2 aromatic rings. The molecule has 0 unspecified atom stereocenters. The molecule has 2 aromatic heterocycles. The molecule has 16 heavy (non-hydrogen) atoms. The van der Waals surface area contributed by atoms with E-state index in [0.29, 0.717) is 16.1 Å². The van der Waals surface area contributed by atoms with E-state index in [9.17, 15) is 0 Å². The van der Waals surface area contributed by atoms with Crippen LogP contribution < -0.4 is 4.74 Å². The van der Waals surface area contributed by atoms with Gasteiger partial charge in [-0.15, -0.1) is 0 Å². The summed E-state index contributed by atoms with van der Waals surface area (Å²) in [5, 5.41) is 0.139. The van der Waals surface area contributed by atoms with Gasteiger partial charge in [0.2, 0.25) is 11.2 Å². The minimum absolute atomic E-state index is 0.139. The molecule has 0 aromatic carbocycles.